The Balaban J connectivity index is 1.83. The van der Waals surface area contributed by atoms with Crippen LogP contribution in [0.4, 0.5) is 8.78 Å². The third-order valence-corrected chi connectivity index (χ3v) is 5.22. The van der Waals surface area contributed by atoms with Gasteiger partial charge in [0, 0.05) is 0 Å². The van der Waals surface area contributed by atoms with E-state index in [0.717, 1.165) is 11.1 Å². The first-order valence-corrected chi connectivity index (χ1v) is 9.04. The molecule has 0 atom stereocenters. The SMILES string of the molecule is Cc1ccc(OS(=O)(=O)C2=Cc3ccc(OC(F)F)cc3CC2)cc1. The maximum Gasteiger partial charge on any atom is 0.387 e. The van der Waals surface area contributed by atoms with E-state index in [0.29, 0.717) is 12.0 Å². The van der Waals surface area contributed by atoms with Gasteiger partial charge >= 0.3 is 16.7 Å². The zero-order chi connectivity index (χ0) is 18.0. The number of fused-ring (bicyclic) bond motifs is 1. The molecule has 2 aromatic carbocycles. The molecule has 0 bridgehead atoms. The summed E-state index contributed by atoms with van der Waals surface area (Å²) in [4.78, 5) is 0.156. The molecule has 2 aromatic rings. The standard InChI is InChI=1S/C18H16F2O4S/c1-12-2-6-15(7-3-12)24-25(21,22)17-9-5-13-10-16(23-18(19)20)8-4-14(13)11-17/h2-4,6-8,10-11,18H,5,9H2,1H3. The second-order valence-corrected chi connectivity index (χ2v) is 7.30. The summed E-state index contributed by atoms with van der Waals surface area (Å²) in [5, 5.41) is 0. The third-order valence-electron chi connectivity index (χ3n) is 3.84. The van der Waals surface area contributed by atoms with Crippen molar-refractivity contribution in [2.24, 2.45) is 0 Å². The van der Waals surface area contributed by atoms with Crippen molar-refractivity contribution in [3.05, 3.63) is 64.1 Å². The van der Waals surface area contributed by atoms with Gasteiger partial charge in [-0.2, -0.15) is 17.2 Å². The van der Waals surface area contributed by atoms with Crippen LogP contribution in [-0.2, 0) is 16.5 Å². The summed E-state index contributed by atoms with van der Waals surface area (Å²) in [5.74, 6) is 0.308. The van der Waals surface area contributed by atoms with Crippen molar-refractivity contribution in [3.8, 4) is 11.5 Å². The lowest BCUT2D eigenvalue weighted by atomic mass is 9.97. The first-order valence-electron chi connectivity index (χ1n) is 7.63. The van der Waals surface area contributed by atoms with Gasteiger partial charge in [-0.3, -0.25) is 0 Å². The molecular weight excluding hydrogens is 350 g/mol. The van der Waals surface area contributed by atoms with Gasteiger partial charge in [0.2, 0.25) is 0 Å². The van der Waals surface area contributed by atoms with E-state index in [9.17, 15) is 17.2 Å². The Hall–Kier alpha value is -2.41. The highest BCUT2D eigenvalue weighted by Gasteiger charge is 2.24. The van der Waals surface area contributed by atoms with Gasteiger partial charge in [0.15, 0.2) is 0 Å². The molecule has 0 spiro atoms. The number of ether oxygens (including phenoxy) is 1. The van der Waals surface area contributed by atoms with Gasteiger partial charge in [-0.15, -0.1) is 0 Å². The fraction of sp³-hybridized carbons (Fsp3) is 0.222. The smallest absolute Gasteiger partial charge is 0.387 e. The molecule has 0 aromatic heterocycles. The molecule has 0 heterocycles. The van der Waals surface area contributed by atoms with E-state index in [-0.39, 0.29) is 22.8 Å². The predicted octanol–water partition coefficient (Wildman–Crippen LogP) is 4.29. The van der Waals surface area contributed by atoms with Crippen LogP contribution in [-0.4, -0.2) is 15.0 Å². The molecule has 0 aliphatic heterocycles. The van der Waals surface area contributed by atoms with Crippen LogP contribution in [0.5, 0.6) is 11.5 Å². The molecule has 0 fully saturated rings. The Bertz CT molecular complexity index is 903. The summed E-state index contributed by atoms with van der Waals surface area (Å²) in [5.41, 5.74) is 2.41. The molecule has 0 saturated carbocycles. The largest absolute Gasteiger partial charge is 0.435 e. The number of benzene rings is 2. The zero-order valence-corrected chi connectivity index (χ0v) is 14.2. The summed E-state index contributed by atoms with van der Waals surface area (Å²) in [6.45, 7) is -0.999. The van der Waals surface area contributed by atoms with Crippen LogP contribution in [0.15, 0.2) is 47.4 Å². The average Bonchev–Trinajstić information content (AvgIpc) is 2.55. The first-order chi connectivity index (χ1) is 11.8. The third kappa shape index (κ3) is 4.17. The Morgan fingerprint density at radius 1 is 1.00 bits per heavy atom. The molecule has 1 aliphatic rings. The number of aryl methyl sites for hydroxylation is 2. The molecular formula is C18H16F2O4S. The minimum Gasteiger partial charge on any atom is -0.435 e. The number of halogens is 2. The molecule has 0 N–H and O–H groups in total. The van der Waals surface area contributed by atoms with Crippen LogP contribution >= 0.6 is 0 Å². The maximum absolute atomic E-state index is 12.4. The molecule has 1 aliphatic carbocycles. The summed E-state index contributed by atoms with van der Waals surface area (Å²) in [6, 6.07) is 11.2. The van der Waals surface area contributed by atoms with Crippen molar-refractivity contribution in [2.75, 3.05) is 0 Å². The zero-order valence-electron chi connectivity index (χ0n) is 13.4. The molecule has 3 rings (SSSR count). The highest BCUT2D eigenvalue weighted by Crippen LogP contribution is 2.31. The Morgan fingerprint density at radius 3 is 2.36 bits per heavy atom. The topological polar surface area (TPSA) is 52.6 Å². The maximum atomic E-state index is 12.4. The molecule has 7 heteroatoms. The average molecular weight is 366 g/mol. The van der Waals surface area contributed by atoms with E-state index in [1.54, 1.807) is 30.3 Å². The second kappa shape index (κ2) is 6.84. The van der Waals surface area contributed by atoms with Crippen molar-refractivity contribution in [3.63, 3.8) is 0 Å². The van der Waals surface area contributed by atoms with Crippen LogP contribution in [0.1, 0.15) is 23.1 Å². The quantitative estimate of drug-likeness (QED) is 0.741. The normalized spacial score (nSPS) is 14.0. The molecule has 132 valence electrons. The summed E-state index contributed by atoms with van der Waals surface area (Å²) >= 11 is 0. The van der Waals surface area contributed by atoms with E-state index in [1.165, 1.54) is 18.2 Å². The highest BCUT2D eigenvalue weighted by atomic mass is 32.2. The van der Waals surface area contributed by atoms with Crippen LogP contribution in [0.2, 0.25) is 0 Å². The van der Waals surface area contributed by atoms with Gasteiger partial charge in [-0.05, 0) is 61.2 Å². The molecule has 0 amide bonds. The minimum atomic E-state index is -3.91. The number of rotatable bonds is 5. The first kappa shape index (κ1) is 17.4. The van der Waals surface area contributed by atoms with Gasteiger partial charge in [0.1, 0.15) is 11.5 Å². The van der Waals surface area contributed by atoms with Crippen molar-refractivity contribution < 1.29 is 26.1 Å². The van der Waals surface area contributed by atoms with Crippen LogP contribution in [0.3, 0.4) is 0 Å². The van der Waals surface area contributed by atoms with Crippen molar-refractivity contribution >= 4 is 16.2 Å². The van der Waals surface area contributed by atoms with Crippen LogP contribution in [0, 0.1) is 6.92 Å². The number of alkyl halides is 2. The number of hydrogen-bond acceptors (Lipinski definition) is 4. The summed E-state index contributed by atoms with van der Waals surface area (Å²) in [6.07, 6.45) is 2.14. The van der Waals surface area contributed by atoms with E-state index >= 15 is 0 Å². The van der Waals surface area contributed by atoms with Gasteiger partial charge in [-0.1, -0.05) is 23.8 Å². The van der Waals surface area contributed by atoms with Crippen molar-refractivity contribution in [2.45, 2.75) is 26.4 Å². The minimum absolute atomic E-state index is 0.0596. The molecule has 0 saturated heterocycles. The molecule has 4 nitrogen and oxygen atoms in total. The summed E-state index contributed by atoms with van der Waals surface area (Å²) in [7, 11) is -3.91. The second-order valence-electron chi connectivity index (χ2n) is 5.70. The molecule has 0 radical (unpaired) electrons. The highest BCUT2D eigenvalue weighted by molar-refractivity contribution is 7.91. The van der Waals surface area contributed by atoms with E-state index in [1.807, 2.05) is 6.92 Å². The van der Waals surface area contributed by atoms with Gasteiger partial charge in [0.25, 0.3) is 0 Å². The van der Waals surface area contributed by atoms with Crippen LogP contribution < -0.4 is 8.92 Å². The van der Waals surface area contributed by atoms with E-state index in [2.05, 4.69) is 4.74 Å². The Labute approximate surface area is 144 Å². The lowest BCUT2D eigenvalue weighted by molar-refractivity contribution is -0.0498. The predicted molar refractivity (Wildman–Crippen MR) is 90.1 cm³/mol. The van der Waals surface area contributed by atoms with E-state index < -0.39 is 16.7 Å². The van der Waals surface area contributed by atoms with E-state index in [4.69, 9.17) is 4.18 Å². The lowest BCUT2D eigenvalue weighted by Gasteiger charge is -2.18. The summed E-state index contributed by atoms with van der Waals surface area (Å²) < 4.78 is 59.0. The Kier molecular flexibility index (Phi) is 4.76. The fourth-order valence-electron chi connectivity index (χ4n) is 2.59. The number of allylic oxidation sites excluding steroid dienone is 1. The molecule has 25 heavy (non-hydrogen) atoms. The fourth-order valence-corrected chi connectivity index (χ4v) is 3.69. The number of hydrogen-bond donors (Lipinski definition) is 0. The van der Waals surface area contributed by atoms with Crippen LogP contribution in [0.25, 0.3) is 6.08 Å². The van der Waals surface area contributed by atoms with Gasteiger partial charge in [0.05, 0.1) is 4.91 Å². The van der Waals surface area contributed by atoms with Gasteiger partial charge in [-0.25, -0.2) is 0 Å². The van der Waals surface area contributed by atoms with Gasteiger partial charge < -0.3 is 8.92 Å². The monoisotopic (exact) mass is 366 g/mol. The van der Waals surface area contributed by atoms with Crippen molar-refractivity contribution in [1.29, 1.82) is 0 Å². The Morgan fingerprint density at radius 2 is 1.68 bits per heavy atom. The lowest BCUT2D eigenvalue weighted by Crippen LogP contribution is -2.15. The van der Waals surface area contributed by atoms with Crippen molar-refractivity contribution in [1.82, 2.24) is 0 Å². The molecule has 0 unspecified atom stereocenters.